The van der Waals surface area contributed by atoms with Crippen molar-refractivity contribution in [2.75, 3.05) is 18.4 Å². The second-order valence-corrected chi connectivity index (χ2v) is 8.69. The summed E-state index contributed by atoms with van der Waals surface area (Å²) >= 11 is 0. The molecule has 0 unspecified atom stereocenters. The molecule has 2 fully saturated rings. The van der Waals surface area contributed by atoms with Gasteiger partial charge in [-0.05, 0) is 49.8 Å². The van der Waals surface area contributed by atoms with Crippen molar-refractivity contribution in [3.05, 3.63) is 48.5 Å². The zero-order valence-corrected chi connectivity index (χ0v) is 17.8. The van der Waals surface area contributed by atoms with Crippen LogP contribution in [0.1, 0.15) is 49.4 Å². The summed E-state index contributed by atoms with van der Waals surface area (Å²) in [5.41, 5.74) is 2.88. The summed E-state index contributed by atoms with van der Waals surface area (Å²) in [7, 11) is 0. The lowest BCUT2D eigenvalue weighted by Gasteiger charge is -2.32. The van der Waals surface area contributed by atoms with Gasteiger partial charge in [-0.1, -0.05) is 13.3 Å². The predicted octanol–water partition coefficient (Wildman–Crippen LogP) is 4.03. The van der Waals surface area contributed by atoms with E-state index in [1.165, 1.54) is 6.42 Å². The molecule has 1 saturated heterocycles. The highest BCUT2D eigenvalue weighted by Crippen LogP contribution is 2.30. The molecule has 3 aromatic rings. The molecule has 1 atom stereocenters. The smallest absolute Gasteiger partial charge is 0.255 e. The van der Waals surface area contributed by atoms with E-state index in [2.05, 4.69) is 22.2 Å². The topological polar surface area (TPSA) is 80.1 Å². The average Bonchev–Trinajstić information content (AvgIpc) is 3.58. The van der Waals surface area contributed by atoms with E-state index in [0.29, 0.717) is 17.2 Å². The Kier molecular flexibility index (Phi) is 5.18. The van der Waals surface area contributed by atoms with Crippen LogP contribution in [0, 0.1) is 11.8 Å². The fourth-order valence-electron chi connectivity index (χ4n) is 4.33. The first kappa shape index (κ1) is 19.7. The third-order valence-electron chi connectivity index (χ3n) is 6.37. The Bertz CT molecular complexity index is 1130. The molecule has 2 amide bonds. The van der Waals surface area contributed by atoms with Crippen LogP contribution in [0.2, 0.25) is 0 Å². The van der Waals surface area contributed by atoms with Crippen LogP contribution in [0.5, 0.6) is 0 Å². The number of rotatable bonds is 5. The van der Waals surface area contributed by atoms with Crippen LogP contribution in [0.15, 0.2) is 43.0 Å². The van der Waals surface area contributed by atoms with E-state index in [1.54, 1.807) is 18.6 Å². The van der Waals surface area contributed by atoms with Crippen molar-refractivity contribution in [2.24, 2.45) is 11.8 Å². The summed E-state index contributed by atoms with van der Waals surface area (Å²) in [5.74, 6) is 0.851. The molecule has 0 radical (unpaired) electrons. The minimum absolute atomic E-state index is 0.0561. The van der Waals surface area contributed by atoms with Gasteiger partial charge in [0.2, 0.25) is 5.91 Å². The van der Waals surface area contributed by atoms with Gasteiger partial charge in [0, 0.05) is 36.8 Å². The molecule has 1 aliphatic carbocycles. The van der Waals surface area contributed by atoms with Gasteiger partial charge in [-0.15, -0.1) is 0 Å². The first-order valence-corrected chi connectivity index (χ1v) is 11.1. The van der Waals surface area contributed by atoms with Crippen molar-refractivity contribution in [3.63, 3.8) is 0 Å². The molecule has 1 aliphatic heterocycles. The van der Waals surface area contributed by atoms with Crippen LogP contribution in [0.4, 0.5) is 5.69 Å². The van der Waals surface area contributed by atoms with Crippen molar-refractivity contribution < 1.29 is 9.59 Å². The SMILES string of the molecule is CC[C@@H]1CCCN(C(=O)c2cnc3c(ccn3-c3cncc(NC(=O)C4CC4)c3)c2)C1. The van der Waals surface area contributed by atoms with E-state index in [1.807, 2.05) is 33.9 Å². The van der Waals surface area contributed by atoms with Gasteiger partial charge in [-0.2, -0.15) is 0 Å². The molecule has 31 heavy (non-hydrogen) atoms. The number of nitrogens with zero attached hydrogens (tertiary/aromatic N) is 4. The highest BCUT2D eigenvalue weighted by Gasteiger charge is 2.29. The molecule has 3 aromatic heterocycles. The van der Waals surface area contributed by atoms with Crippen LogP contribution in [-0.2, 0) is 4.79 Å². The number of likely N-dealkylation sites (tertiary alicyclic amines) is 1. The Labute approximate surface area is 181 Å². The lowest BCUT2D eigenvalue weighted by atomic mass is 9.95. The Morgan fingerprint density at radius 3 is 2.84 bits per heavy atom. The molecule has 2 aliphatic rings. The van der Waals surface area contributed by atoms with Crippen molar-refractivity contribution in [2.45, 2.75) is 39.0 Å². The molecule has 7 nitrogen and oxygen atoms in total. The van der Waals surface area contributed by atoms with Crippen molar-refractivity contribution in [1.82, 2.24) is 19.4 Å². The second kappa shape index (κ2) is 8.13. The number of aromatic nitrogens is 3. The lowest BCUT2D eigenvalue weighted by molar-refractivity contribution is -0.117. The van der Waals surface area contributed by atoms with E-state index in [9.17, 15) is 9.59 Å². The summed E-state index contributed by atoms with van der Waals surface area (Å²) in [4.78, 5) is 35.9. The van der Waals surface area contributed by atoms with Crippen LogP contribution in [-0.4, -0.2) is 44.3 Å². The summed E-state index contributed by atoms with van der Waals surface area (Å²) in [6.07, 6.45) is 12.3. The first-order chi connectivity index (χ1) is 15.1. The molecule has 0 spiro atoms. The third kappa shape index (κ3) is 4.04. The summed E-state index contributed by atoms with van der Waals surface area (Å²) < 4.78 is 1.93. The summed E-state index contributed by atoms with van der Waals surface area (Å²) in [6.45, 7) is 3.84. The molecule has 1 N–H and O–H groups in total. The van der Waals surface area contributed by atoms with Gasteiger partial charge in [0.05, 0.1) is 29.3 Å². The molecular weight excluding hydrogens is 390 g/mol. The van der Waals surface area contributed by atoms with Crippen LogP contribution in [0.3, 0.4) is 0 Å². The number of carbonyl (C=O) groups is 2. The number of fused-ring (bicyclic) bond motifs is 1. The fraction of sp³-hybridized carbons (Fsp3) is 0.417. The molecule has 0 bridgehead atoms. The molecular formula is C24H27N5O2. The highest BCUT2D eigenvalue weighted by atomic mass is 16.2. The van der Waals surface area contributed by atoms with Crippen LogP contribution >= 0.6 is 0 Å². The van der Waals surface area contributed by atoms with Gasteiger partial charge in [-0.3, -0.25) is 19.1 Å². The fourth-order valence-corrected chi connectivity index (χ4v) is 4.33. The molecule has 5 rings (SSSR count). The highest BCUT2D eigenvalue weighted by molar-refractivity contribution is 5.97. The largest absolute Gasteiger partial charge is 0.338 e. The van der Waals surface area contributed by atoms with E-state index in [0.717, 1.165) is 55.5 Å². The van der Waals surface area contributed by atoms with Gasteiger partial charge in [0.1, 0.15) is 5.65 Å². The van der Waals surface area contributed by atoms with Crippen molar-refractivity contribution in [1.29, 1.82) is 0 Å². The molecule has 4 heterocycles. The van der Waals surface area contributed by atoms with Crippen molar-refractivity contribution in [3.8, 4) is 5.69 Å². The maximum Gasteiger partial charge on any atom is 0.255 e. The van der Waals surface area contributed by atoms with Crippen LogP contribution < -0.4 is 5.32 Å². The Hall–Kier alpha value is -3.22. The lowest BCUT2D eigenvalue weighted by Crippen LogP contribution is -2.39. The third-order valence-corrected chi connectivity index (χ3v) is 6.37. The van der Waals surface area contributed by atoms with Gasteiger partial charge in [0.15, 0.2) is 0 Å². The van der Waals surface area contributed by atoms with Crippen LogP contribution in [0.25, 0.3) is 16.7 Å². The maximum absolute atomic E-state index is 13.0. The normalized spacial score (nSPS) is 18.9. The van der Waals surface area contributed by atoms with Gasteiger partial charge in [0.25, 0.3) is 5.91 Å². The van der Waals surface area contributed by atoms with E-state index in [4.69, 9.17) is 0 Å². The number of carbonyl (C=O) groups excluding carboxylic acids is 2. The Morgan fingerprint density at radius 2 is 2.03 bits per heavy atom. The molecule has 1 saturated carbocycles. The number of nitrogens with one attached hydrogen (secondary N) is 1. The Balaban J connectivity index is 1.38. The number of hydrogen-bond donors (Lipinski definition) is 1. The van der Waals surface area contributed by atoms with Gasteiger partial charge >= 0.3 is 0 Å². The number of pyridine rings is 2. The summed E-state index contributed by atoms with van der Waals surface area (Å²) in [5, 5.41) is 3.84. The number of piperidine rings is 1. The van der Waals surface area contributed by atoms with E-state index < -0.39 is 0 Å². The predicted molar refractivity (Wildman–Crippen MR) is 119 cm³/mol. The molecule has 160 valence electrons. The zero-order valence-electron chi connectivity index (χ0n) is 17.8. The number of hydrogen-bond acceptors (Lipinski definition) is 4. The molecule has 7 heteroatoms. The monoisotopic (exact) mass is 417 g/mol. The number of amides is 2. The molecule has 0 aromatic carbocycles. The second-order valence-electron chi connectivity index (χ2n) is 8.69. The summed E-state index contributed by atoms with van der Waals surface area (Å²) in [6, 6.07) is 5.77. The van der Waals surface area contributed by atoms with Gasteiger partial charge in [-0.25, -0.2) is 4.98 Å². The number of anilines is 1. The maximum atomic E-state index is 13.0. The van der Waals surface area contributed by atoms with Crippen molar-refractivity contribution >= 4 is 28.5 Å². The standard InChI is InChI=1S/C24H27N5O2/c1-2-16-4-3-8-28(15-16)24(31)19-10-18-7-9-29(22(18)26-12-19)21-11-20(13-25-14-21)27-23(30)17-5-6-17/h7,9-14,16-17H,2-6,8,15H2,1H3,(H,27,30)/t16-/m1/s1. The zero-order chi connectivity index (χ0) is 21.4. The first-order valence-electron chi connectivity index (χ1n) is 11.1. The Morgan fingerprint density at radius 1 is 1.16 bits per heavy atom. The van der Waals surface area contributed by atoms with Gasteiger partial charge < -0.3 is 10.2 Å². The average molecular weight is 418 g/mol. The van der Waals surface area contributed by atoms with E-state index in [-0.39, 0.29) is 17.7 Å². The quantitative estimate of drug-likeness (QED) is 0.680. The minimum Gasteiger partial charge on any atom is -0.338 e. The van der Waals surface area contributed by atoms with E-state index >= 15 is 0 Å². The minimum atomic E-state index is 0.0561.